The van der Waals surface area contributed by atoms with Crippen molar-refractivity contribution >= 4 is 16.9 Å². The van der Waals surface area contributed by atoms with E-state index in [4.69, 9.17) is 0 Å². The van der Waals surface area contributed by atoms with Gasteiger partial charge in [0.15, 0.2) is 0 Å². The Morgan fingerprint density at radius 2 is 2.04 bits per heavy atom. The van der Waals surface area contributed by atoms with Crippen LogP contribution in [0.1, 0.15) is 49.9 Å². The number of aromatic nitrogens is 2. The fourth-order valence-corrected chi connectivity index (χ4v) is 3.52. The van der Waals surface area contributed by atoms with Crippen LogP contribution in [0.15, 0.2) is 27.8 Å². The van der Waals surface area contributed by atoms with Crippen molar-refractivity contribution in [1.82, 2.24) is 14.9 Å². The smallest absolute Gasteiger partial charge is 0.316 e. The molecule has 1 aliphatic carbocycles. The number of hydrogen-bond donors (Lipinski definition) is 2. The van der Waals surface area contributed by atoms with Crippen LogP contribution in [0, 0.1) is 5.92 Å². The van der Waals surface area contributed by atoms with Crippen molar-refractivity contribution in [2.75, 3.05) is 0 Å². The summed E-state index contributed by atoms with van der Waals surface area (Å²) in [6.45, 7) is 4.39. The first-order valence-corrected chi connectivity index (χ1v) is 8.59. The minimum Gasteiger partial charge on any atom is -0.349 e. The third-order valence-electron chi connectivity index (χ3n) is 4.98. The van der Waals surface area contributed by atoms with Gasteiger partial charge in [-0.3, -0.25) is 14.4 Å². The maximum atomic E-state index is 12.5. The van der Waals surface area contributed by atoms with E-state index in [0.29, 0.717) is 29.1 Å². The third kappa shape index (κ3) is 3.00. The van der Waals surface area contributed by atoms with Crippen LogP contribution in [0.4, 0.5) is 0 Å². The Labute approximate surface area is 139 Å². The highest BCUT2D eigenvalue weighted by molar-refractivity contribution is 5.97. The van der Waals surface area contributed by atoms with Gasteiger partial charge in [-0.1, -0.05) is 19.8 Å². The summed E-state index contributed by atoms with van der Waals surface area (Å²) < 4.78 is 1.42. The van der Waals surface area contributed by atoms with Crippen LogP contribution in [0.25, 0.3) is 11.0 Å². The molecule has 6 heteroatoms. The van der Waals surface area contributed by atoms with Crippen molar-refractivity contribution in [2.24, 2.45) is 5.92 Å². The van der Waals surface area contributed by atoms with E-state index >= 15 is 0 Å². The monoisotopic (exact) mass is 329 g/mol. The van der Waals surface area contributed by atoms with Gasteiger partial charge >= 0.3 is 11.1 Å². The van der Waals surface area contributed by atoms with Crippen molar-refractivity contribution in [3.05, 3.63) is 44.5 Å². The summed E-state index contributed by atoms with van der Waals surface area (Å²) >= 11 is 0. The van der Waals surface area contributed by atoms with Gasteiger partial charge in [-0.25, -0.2) is 0 Å². The lowest BCUT2D eigenvalue weighted by Gasteiger charge is -2.29. The number of hydrogen-bond acceptors (Lipinski definition) is 3. The van der Waals surface area contributed by atoms with Crippen LogP contribution in [0.3, 0.4) is 0 Å². The molecule has 1 amide bonds. The van der Waals surface area contributed by atoms with Crippen LogP contribution in [-0.4, -0.2) is 21.5 Å². The predicted molar refractivity (Wildman–Crippen MR) is 93.4 cm³/mol. The molecule has 1 aromatic carbocycles. The maximum absolute atomic E-state index is 12.5. The second-order valence-corrected chi connectivity index (χ2v) is 6.58. The molecule has 0 radical (unpaired) electrons. The van der Waals surface area contributed by atoms with E-state index in [2.05, 4.69) is 17.2 Å². The minimum atomic E-state index is -0.664. The van der Waals surface area contributed by atoms with Crippen molar-refractivity contribution in [1.29, 1.82) is 0 Å². The van der Waals surface area contributed by atoms with Crippen molar-refractivity contribution in [2.45, 2.75) is 52.1 Å². The molecule has 0 saturated heterocycles. The lowest BCUT2D eigenvalue weighted by atomic mass is 9.86. The Morgan fingerprint density at radius 1 is 1.29 bits per heavy atom. The molecule has 0 spiro atoms. The van der Waals surface area contributed by atoms with Gasteiger partial charge in [0.1, 0.15) is 0 Å². The summed E-state index contributed by atoms with van der Waals surface area (Å²) in [6.07, 6.45) is 4.51. The van der Waals surface area contributed by atoms with Crippen LogP contribution in [0.2, 0.25) is 0 Å². The number of fused-ring (bicyclic) bond motifs is 1. The summed E-state index contributed by atoms with van der Waals surface area (Å²) in [6, 6.07) is 5.26. The van der Waals surface area contributed by atoms with E-state index in [0.717, 1.165) is 19.3 Å². The highest BCUT2D eigenvalue weighted by Crippen LogP contribution is 2.24. The molecule has 1 aromatic heterocycles. The lowest BCUT2D eigenvalue weighted by molar-refractivity contribution is 0.0910. The van der Waals surface area contributed by atoms with Crippen LogP contribution >= 0.6 is 0 Å². The number of nitrogens with one attached hydrogen (secondary N) is 2. The molecule has 0 aliphatic heterocycles. The van der Waals surface area contributed by atoms with Gasteiger partial charge in [0.05, 0.1) is 11.0 Å². The Bertz CT molecular complexity index is 881. The first-order chi connectivity index (χ1) is 11.5. The molecule has 2 atom stereocenters. The second kappa shape index (κ2) is 6.63. The van der Waals surface area contributed by atoms with Crippen LogP contribution in [0.5, 0.6) is 0 Å². The zero-order chi connectivity index (χ0) is 17.3. The van der Waals surface area contributed by atoms with Gasteiger partial charge in [0.25, 0.3) is 5.91 Å². The SMILES string of the molecule is CCn1c(=O)c(=O)[nH]c2cc(C(=O)NC3CCCCC3C)ccc21. The normalized spacial score (nSPS) is 20.9. The molecular formula is C18H23N3O3. The molecule has 1 aliphatic rings. The molecule has 2 unspecified atom stereocenters. The lowest BCUT2D eigenvalue weighted by Crippen LogP contribution is -2.41. The van der Waals surface area contributed by atoms with Crippen LogP contribution < -0.4 is 16.4 Å². The minimum absolute atomic E-state index is 0.134. The third-order valence-corrected chi connectivity index (χ3v) is 4.98. The maximum Gasteiger partial charge on any atom is 0.316 e. The van der Waals surface area contributed by atoms with E-state index in [1.807, 2.05) is 6.92 Å². The van der Waals surface area contributed by atoms with E-state index in [9.17, 15) is 14.4 Å². The Kier molecular flexibility index (Phi) is 4.55. The van der Waals surface area contributed by atoms with Crippen LogP contribution in [-0.2, 0) is 6.54 Å². The van der Waals surface area contributed by atoms with Gasteiger partial charge in [0, 0.05) is 18.2 Å². The average Bonchev–Trinajstić information content (AvgIpc) is 2.57. The average molecular weight is 329 g/mol. The topological polar surface area (TPSA) is 84.0 Å². The summed E-state index contributed by atoms with van der Waals surface area (Å²) in [7, 11) is 0. The molecule has 3 rings (SSSR count). The summed E-state index contributed by atoms with van der Waals surface area (Å²) in [4.78, 5) is 38.7. The predicted octanol–water partition coefficient (Wildman–Crippen LogP) is 2.02. The fraction of sp³-hybridized carbons (Fsp3) is 0.500. The molecule has 24 heavy (non-hydrogen) atoms. The number of carbonyl (C=O) groups is 1. The van der Waals surface area contributed by atoms with Gasteiger partial charge < -0.3 is 14.9 Å². The van der Waals surface area contributed by atoms with Gasteiger partial charge in [-0.15, -0.1) is 0 Å². The van der Waals surface area contributed by atoms with Crippen molar-refractivity contribution < 1.29 is 4.79 Å². The summed E-state index contributed by atoms with van der Waals surface area (Å²) in [5, 5.41) is 3.10. The highest BCUT2D eigenvalue weighted by atomic mass is 16.2. The Hall–Kier alpha value is -2.37. The van der Waals surface area contributed by atoms with Gasteiger partial charge in [0.2, 0.25) is 0 Å². The first kappa shape index (κ1) is 16.5. The zero-order valence-corrected chi connectivity index (χ0v) is 14.1. The number of rotatable bonds is 3. The van der Waals surface area contributed by atoms with E-state index in [1.54, 1.807) is 18.2 Å². The number of carbonyl (C=O) groups excluding carboxylic acids is 1. The van der Waals surface area contributed by atoms with E-state index in [1.165, 1.54) is 11.0 Å². The molecule has 1 saturated carbocycles. The summed E-state index contributed by atoms with van der Waals surface area (Å²) in [5.41, 5.74) is 0.397. The number of nitrogens with zero attached hydrogens (tertiary/aromatic N) is 1. The number of benzene rings is 1. The number of aromatic amines is 1. The Balaban J connectivity index is 1.93. The molecule has 128 valence electrons. The molecule has 2 N–H and O–H groups in total. The van der Waals surface area contributed by atoms with Crippen molar-refractivity contribution in [3.63, 3.8) is 0 Å². The van der Waals surface area contributed by atoms with E-state index < -0.39 is 11.1 Å². The molecule has 0 bridgehead atoms. The van der Waals surface area contributed by atoms with Crippen molar-refractivity contribution in [3.8, 4) is 0 Å². The Morgan fingerprint density at radius 3 is 2.75 bits per heavy atom. The quantitative estimate of drug-likeness (QED) is 0.845. The number of amides is 1. The fourth-order valence-electron chi connectivity index (χ4n) is 3.52. The number of aryl methyl sites for hydroxylation is 1. The van der Waals surface area contributed by atoms with Gasteiger partial charge in [-0.05, 0) is 43.9 Å². The largest absolute Gasteiger partial charge is 0.349 e. The highest BCUT2D eigenvalue weighted by Gasteiger charge is 2.23. The molecular weight excluding hydrogens is 306 g/mol. The molecule has 1 fully saturated rings. The molecule has 6 nitrogen and oxygen atoms in total. The summed E-state index contributed by atoms with van der Waals surface area (Å²) in [5.74, 6) is 0.346. The molecule has 2 aromatic rings. The van der Waals surface area contributed by atoms with Gasteiger partial charge in [-0.2, -0.15) is 0 Å². The second-order valence-electron chi connectivity index (χ2n) is 6.58. The first-order valence-electron chi connectivity index (χ1n) is 8.59. The standard InChI is InChI=1S/C18H23N3O3/c1-3-21-15-9-8-12(10-14(15)20-17(23)18(21)24)16(22)19-13-7-5-4-6-11(13)2/h8-11,13H,3-7H2,1-2H3,(H,19,22)(H,20,23). The number of H-pyrrole nitrogens is 1. The molecule has 1 heterocycles. The zero-order valence-electron chi connectivity index (χ0n) is 14.1. The van der Waals surface area contributed by atoms with E-state index in [-0.39, 0.29) is 11.9 Å².